The molecule has 0 aliphatic heterocycles. The van der Waals surface area contributed by atoms with Gasteiger partial charge in [0.1, 0.15) is 5.41 Å². The molecule has 0 unspecified atom stereocenters. The average Bonchev–Trinajstić information content (AvgIpc) is 2.29. The van der Waals surface area contributed by atoms with Crippen LogP contribution >= 0.6 is 0 Å². The van der Waals surface area contributed by atoms with Gasteiger partial charge in [0, 0.05) is 5.69 Å². The Morgan fingerprint density at radius 1 is 1.39 bits per heavy atom. The highest BCUT2D eigenvalue weighted by molar-refractivity contribution is 5.99. The van der Waals surface area contributed by atoms with Crippen LogP contribution in [0.4, 0.5) is 5.69 Å². The highest BCUT2D eigenvalue weighted by Gasteiger charge is 2.49. The average molecular weight is 242 g/mol. The summed E-state index contributed by atoms with van der Waals surface area (Å²) in [5.74, 6) is 0.314. The van der Waals surface area contributed by atoms with Gasteiger partial charge in [0.25, 0.3) is 0 Å². The Morgan fingerprint density at radius 3 is 2.39 bits per heavy atom. The van der Waals surface area contributed by atoms with Crippen LogP contribution < -0.4 is 5.32 Å². The molecule has 94 valence electrons. The molecule has 1 N–H and O–H groups in total. The molecule has 3 heteroatoms. The number of carbonyl (C=O) groups excluding carboxylic acids is 1. The SMILES string of the molecule is Cc1cccc(C)c1NC(=O)C1(C#N)CC(C)C1. The minimum absolute atomic E-state index is 0.152. The number of anilines is 1. The minimum Gasteiger partial charge on any atom is -0.324 e. The third-order valence-corrected chi connectivity index (χ3v) is 3.76. The van der Waals surface area contributed by atoms with Crippen molar-refractivity contribution in [2.24, 2.45) is 11.3 Å². The molecule has 0 atom stereocenters. The van der Waals surface area contributed by atoms with Crippen LogP contribution in [0.5, 0.6) is 0 Å². The lowest BCUT2D eigenvalue weighted by Crippen LogP contribution is -2.45. The van der Waals surface area contributed by atoms with Gasteiger partial charge in [-0.2, -0.15) is 5.26 Å². The van der Waals surface area contributed by atoms with E-state index >= 15 is 0 Å². The number of hydrogen-bond donors (Lipinski definition) is 1. The van der Waals surface area contributed by atoms with Crippen LogP contribution in [0.1, 0.15) is 30.9 Å². The van der Waals surface area contributed by atoms with Gasteiger partial charge in [-0.15, -0.1) is 0 Å². The van der Waals surface area contributed by atoms with E-state index in [9.17, 15) is 10.1 Å². The molecule has 1 aliphatic carbocycles. The second-order valence-electron chi connectivity index (χ2n) is 5.43. The molecule has 0 spiro atoms. The maximum absolute atomic E-state index is 12.3. The van der Waals surface area contributed by atoms with Crippen LogP contribution in [-0.4, -0.2) is 5.91 Å². The molecule has 1 aromatic carbocycles. The standard InChI is InChI=1S/C15H18N2O/c1-10-7-15(8-10,9-16)14(18)17-13-11(2)5-4-6-12(13)3/h4-6,10H,7-8H2,1-3H3,(H,17,18). The zero-order valence-electron chi connectivity index (χ0n) is 11.1. The molecular weight excluding hydrogens is 224 g/mol. The number of rotatable bonds is 2. The Hall–Kier alpha value is -1.82. The smallest absolute Gasteiger partial charge is 0.244 e. The van der Waals surface area contributed by atoms with Gasteiger partial charge in [-0.25, -0.2) is 0 Å². The van der Waals surface area contributed by atoms with Gasteiger partial charge in [-0.1, -0.05) is 25.1 Å². The molecule has 1 fully saturated rings. The monoisotopic (exact) mass is 242 g/mol. The number of hydrogen-bond acceptors (Lipinski definition) is 2. The third-order valence-electron chi connectivity index (χ3n) is 3.76. The van der Waals surface area contributed by atoms with Gasteiger partial charge in [-0.05, 0) is 43.7 Å². The van der Waals surface area contributed by atoms with E-state index in [2.05, 4.69) is 18.3 Å². The van der Waals surface area contributed by atoms with Crippen molar-refractivity contribution >= 4 is 11.6 Å². The van der Waals surface area contributed by atoms with Gasteiger partial charge in [0.2, 0.25) is 5.91 Å². The molecule has 18 heavy (non-hydrogen) atoms. The van der Waals surface area contributed by atoms with E-state index in [-0.39, 0.29) is 5.91 Å². The second-order valence-corrected chi connectivity index (χ2v) is 5.43. The summed E-state index contributed by atoms with van der Waals surface area (Å²) in [4.78, 5) is 12.3. The fraction of sp³-hybridized carbons (Fsp3) is 0.467. The number of benzene rings is 1. The Morgan fingerprint density at radius 2 is 1.94 bits per heavy atom. The van der Waals surface area contributed by atoms with E-state index in [1.54, 1.807) is 0 Å². The summed E-state index contributed by atoms with van der Waals surface area (Å²) in [6.45, 7) is 6.00. The fourth-order valence-electron chi connectivity index (χ4n) is 2.70. The summed E-state index contributed by atoms with van der Waals surface area (Å²) in [5.41, 5.74) is 2.10. The van der Waals surface area contributed by atoms with E-state index in [4.69, 9.17) is 0 Å². The number of nitrogens with zero attached hydrogens (tertiary/aromatic N) is 1. The van der Waals surface area contributed by atoms with Crippen LogP contribution in [0, 0.1) is 36.5 Å². The molecule has 2 rings (SSSR count). The molecular formula is C15H18N2O. The van der Waals surface area contributed by atoms with E-state index < -0.39 is 5.41 Å². The molecule has 3 nitrogen and oxygen atoms in total. The number of nitriles is 1. The molecule has 1 aliphatic rings. The van der Waals surface area contributed by atoms with Crippen molar-refractivity contribution in [3.63, 3.8) is 0 Å². The van der Waals surface area contributed by atoms with Crippen molar-refractivity contribution in [3.8, 4) is 6.07 Å². The highest BCUT2D eigenvalue weighted by Crippen LogP contribution is 2.45. The second kappa shape index (κ2) is 4.45. The topological polar surface area (TPSA) is 52.9 Å². The molecule has 1 aromatic rings. The largest absolute Gasteiger partial charge is 0.324 e. The number of nitrogens with one attached hydrogen (secondary N) is 1. The first kappa shape index (κ1) is 12.6. The van der Waals surface area contributed by atoms with Crippen LogP contribution in [0.25, 0.3) is 0 Å². The summed E-state index contributed by atoms with van der Waals surface area (Å²) < 4.78 is 0. The quantitative estimate of drug-likeness (QED) is 0.866. The van der Waals surface area contributed by atoms with Crippen molar-refractivity contribution in [2.45, 2.75) is 33.6 Å². The lowest BCUT2D eigenvalue weighted by molar-refractivity contribution is -0.128. The predicted molar refractivity (Wildman–Crippen MR) is 71.0 cm³/mol. The van der Waals surface area contributed by atoms with Gasteiger partial charge in [0.05, 0.1) is 6.07 Å². The Kier molecular flexibility index (Phi) is 3.13. The third kappa shape index (κ3) is 1.99. The molecule has 0 saturated heterocycles. The lowest BCUT2D eigenvalue weighted by Gasteiger charge is -2.39. The molecule has 0 aromatic heterocycles. The van der Waals surface area contributed by atoms with E-state index in [0.717, 1.165) is 16.8 Å². The molecule has 0 heterocycles. The van der Waals surface area contributed by atoms with Crippen LogP contribution in [0.15, 0.2) is 18.2 Å². The maximum Gasteiger partial charge on any atom is 0.244 e. The Bertz CT molecular complexity index is 502. The van der Waals surface area contributed by atoms with Gasteiger partial charge in [-0.3, -0.25) is 4.79 Å². The van der Waals surface area contributed by atoms with Crippen molar-refractivity contribution in [3.05, 3.63) is 29.3 Å². The van der Waals surface area contributed by atoms with Gasteiger partial charge in [0.15, 0.2) is 0 Å². The first-order chi connectivity index (χ1) is 8.48. The van der Waals surface area contributed by atoms with Gasteiger partial charge >= 0.3 is 0 Å². The maximum atomic E-state index is 12.3. The number of amides is 1. The van der Waals surface area contributed by atoms with Crippen molar-refractivity contribution < 1.29 is 4.79 Å². The van der Waals surface area contributed by atoms with Crippen LogP contribution in [-0.2, 0) is 4.79 Å². The zero-order valence-corrected chi connectivity index (χ0v) is 11.1. The zero-order chi connectivity index (χ0) is 13.3. The van der Waals surface area contributed by atoms with E-state index in [0.29, 0.717) is 18.8 Å². The van der Waals surface area contributed by atoms with Crippen LogP contribution in [0.2, 0.25) is 0 Å². The normalized spacial score (nSPS) is 26.0. The first-order valence-corrected chi connectivity index (χ1v) is 6.27. The van der Waals surface area contributed by atoms with Crippen molar-refractivity contribution in [1.82, 2.24) is 0 Å². The first-order valence-electron chi connectivity index (χ1n) is 6.27. The summed E-state index contributed by atoms with van der Waals surface area (Å²) >= 11 is 0. The summed E-state index contributed by atoms with van der Waals surface area (Å²) in [6.07, 6.45) is 1.33. The van der Waals surface area contributed by atoms with E-state index in [1.807, 2.05) is 32.0 Å². The molecule has 1 amide bonds. The number of para-hydroxylation sites is 1. The summed E-state index contributed by atoms with van der Waals surface area (Å²) in [7, 11) is 0. The fourth-order valence-corrected chi connectivity index (χ4v) is 2.70. The predicted octanol–water partition coefficient (Wildman–Crippen LogP) is 3.18. The Balaban J connectivity index is 2.20. The summed E-state index contributed by atoms with van der Waals surface area (Å²) in [5, 5.41) is 12.2. The number of carbonyl (C=O) groups is 1. The molecule has 1 saturated carbocycles. The Labute approximate surface area is 108 Å². The molecule has 0 bridgehead atoms. The lowest BCUT2D eigenvalue weighted by atomic mass is 9.63. The van der Waals surface area contributed by atoms with Crippen molar-refractivity contribution in [1.29, 1.82) is 5.26 Å². The van der Waals surface area contributed by atoms with Gasteiger partial charge < -0.3 is 5.32 Å². The summed E-state index contributed by atoms with van der Waals surface area (Å²) in [6, 6.07) is 8.08. The van der Waals surface area contributed by atoms with E-state index in [1.165, 1.54) is 0 Å². The molecule has 0 radical (unpaired) electrons. The highest BCUT2D eigenvalue weighted by atomic mass is 16.2. The minimum atomic E-state index is -0.811. The van der Waals surface area contributed by atoms with Crippen molar-refractivity contribution in [2.75, 3.05) is 5.32 Å². The number of aryl methyl sites for hydroxylation is 2. The van der Waals surface area contributed by atoms with Crippen LogP contribution in [0.3, 0.4) is 0 Å².